The summed E-state index contributed by atoms with van der Waals surface area (Å²) in [6, 6.07) is 14.3. The van der Waals surface area contributed by atoms with Gasteiger partial charge < -0.3 is 15.0 Å². The molecule has 0 saturated carbocycles. The van der Waals surface area contributed by atoms with Crippen LogP contribution in [0.1, 0.15) is 48.8 Å². The molecule has 3 unspecified atom stereocenters. The molecule has 0 bridgehead atoms. The van der Waals surface area contributed by atoms with Crippen LogP contribution in [0.4, 0.5) is 0 Å². The number of thioether (sulfide) groups is 1. The molecular formula is C26H33N3O5S. The Balaban J connectivity index is 1.80. The Morgan fingerprint density at radius 3 is 2.34 bits per heavy atom. The van der Waals surface area contributed by atoms with E-state index >= 15 is 0 Å². The number of rotatable bonds is 10. The molecule has 0 spiro atoms. The van der Waals surface area contributed by atoms with Gasteiger partial charge >= 0.3 is 0 Å². The van der Waals surface area contributed by atoms with Crippen LogP contribution < -0.4 is 15.5 Å². The highest BCUT2D eigenvalue weighted by Crippen LogP contribution is 2.46. The van der Waals surface area contributed by atoms with Crippen LogP contribution in [0, 0.1) is 12.8 Å². The van der Waals surface area contributed by atoms with Gasteiger partial charge in [0.15, 0.2) is 0 Å². The molecule has 35 heavy (non-hydrogen) atoms. The summed E-state index contributed by atoms with van der Waals surface area (Å²) in [6.07, 6.45) is 0.366. The Morgan fingerprint density at radius 2 is 1.77 bits per heavy atom. The first kappa shape index (κ1) is 26.6. The number of amides is 3. The van der Waals surface area contributed by atoms with Crippen LogP contribution in [0.5, 0.6) is 5.75 Å². The maximum Gasteiger partial charge on any atom is 0.266 e. The van der Waals surface area contributed by atoms with Crippen molar-refractivity contribution in [3.8, 4) is 5.75 Å². The fourth-order valence-electron chi connectivity index (χ4n) is 4.04. The molecule has 1 aliphatic rings. The third kappa shape index (κ3) is 6.76. The fraction of sp³-hybridized carbons (Fsp3) is 0.423. The Hall–Kier alpha value is -3.04. The Bertz CT molecular complexity index is 1030. The van der Waals surface area contributed by atoms with E-state index in [4.69, 9.17) is 4.74 Å². The molecule has 8 nitrogen and oxygen atoms in total. The standard InChI is InChI=1S/C26H33N3O5S/c1-16(2)13-21(24(31)28-33)29-25(32)22(35-26(29)19-9-11-20(34-4)12-10-19)14-23(30)27-15-18-7-5-17(3)6-8-18/h5-12,16,21-22,26,33H,13-15H2,1-4H3,(H,27,30)(H,28,31). The zero-order valence-electron chi connectivity index (χ0n) is 20.5. The van der Waals surface area contributed by atoms with Gasteiger partial charge in [0, 0.05) is 13.0 Å². The quantitative estimate of drug-likeness (QED) is 0.341. The lowest BCUT2D eigenvalue weighted by Gasteiger charge is -2.32. The van der Waals surface area contributed by atoms with Gasteiger partial charge in [-0.25, -0.2) is 5.48 Å². The normalized spacial score (nSPS) is 18.5. The largest absolute Gasteiger partial charge is 0.497 e. The second-order valence-electron chi connectivity index (χ2n) is 9.08. The van der Waals surface area contributed by atoms with E-state index in [1.807, 2.05) is 57.2 Å². The molecule has 0 aromatic heterocycles. The summed E-state index contributed by atoms with van der Waals surface area (Å²) in [4.78, 5) is 40.4. The minimum absolute atomic E-state index is 0.00629. The first-order valence-corrected chi connectivity index (χ1v) is 12.6. The highest BCUT2D eigenvalue weighted by atomic mass is 32.2. The van der Waals surface area contributed by atoms with Crippen molar-refractivity contribution < 1.29 is 24.3 Å². The van der Waals surface area contributed by atoms with Crippen molar-refractivity contribution in [2.75, 3.05) is 7.11 Å². The summed E-state index contributed by atoms with van der Waals surface area (Å²) in [5.74, 6) is -0.401. The van der Waals surface area contributed by atoms with E-state index < -0.39 is 22.6 Å². The zero-order chi connectivity index (χ0) is 25.5. The van der Waals surface area contributed by atoms with Gasteiger partial charge in [-0.1, -0.05) is 55.8 Å². The van der Waals surface area contributed by atoms with E-state index in [-0.39, 0.29) is 24.2 Å². The number of nitrogens with zero attached hydrogens (tertiary/aromatic N) is 1. The molecule has 0 aliphatic carbocycles. The number of ether oxygens (including phenoxy) is 1. The van der Waals surface area contributed by atoms with E-state index in [0.717, 1.165) is 16.7 Å². The van der Waals surface area contributed by atoms with Gasteiger partial charge in [0.25, 0.3) is 5.91 Å². The number of hydrogen-bond acceptors (Lipinski definition) is 6. The number of hydrogen-bond donors (Lipinski definition) is 3. The number of carbonyl (C=O) groups excluding carboxylic acids is 3. The Morgan fingerprint density at radius 1 is 1.11 bits per heavy atom. The summed E-state index contributed by atoms with van der Waals surface area (Å²) in [6.45, 7) is 6.27. The predicted molar refractivity (Wildman–Crippen MR) is 135 cm³/mol. The predicted octanol–water partition coefficient (Wildman–Crippen LogP) is 3.57. The van der Waals surface area contributed by atoms with Crippen molar-refractivity contribution in [2.24, 2.45) is 5.92 Å². The molecule has 1 saturated heterocycles. The summed E-state index contributed by atoms with van der Waals surface area (Å²) in [5.41, 5.74) is 4.64. The average molecular weight is 500 g/mol. The molecule has 9 heteroatoms. The molecular weight excluding hydrogens is 466 g/mol. The first-order valence-electron chi connectivity index (χ1n) is 11.6. The van der Waals surface area contributed by atoms with Gasteiger partial charge in [0.1, 0.15) is 17.2 Å². The van der Waals surface area contributed by atoms with Gasteiger partial charge in [-0.3, -0.25) is 19.6 Å². The van der Waals surface area contributed by atoms with E-state index in [0.29, 0.717) is 18.7 Å². The SMILES string of the molecule is COc1ccc(C2SC(CC(=O)NCc3ccc(C)cc3)C(=O)N2C(CC(C)C)C(=O)NO)cc1. The molecule has 3 N–H and O–H groups in total. The third-order valence-electron chi connectivity index (χ3n) is 5.90. The third-order valence-corrected chi connectivity index (χ3v) is 7.35. The van der Waals surface area contributed by atoms with Crippen LogP contribution >= 0.6 is 11.8 Å². The van der Waals surface area contributed by atoms with Crippen LogP contribution in [-0.4, -0.2) is 46.2 Å². The van der Waals surface area contributed by atoms with Crippen molar-refractivity contribution >= 4 is 29.5 Å². The minimum Gasteiger partial charge on any atom is -0.497 e. The molecule has 1 heterocycles. The number of aryl methyl sites for hydroxylation is 1. The number of nitrogens with one attached hydrogen (secondary N) is 2. The second-order valence-corrected chi connectivity index (χ2v) is 10.4. The van der Waals surface area contributed by atoms with Crippen LogP contribution in [0.2, 0.25) is 0 Å². The zero-order valence-corrected chi connectivity index (χ0v) is 21.3. The van der Waals surface area contributed by atoms with Gasteiger partial charge in [0.2, 0.25) is 11.8 Å². The van der Waals surface area contributed by atoms with Crippen molar-refractivity contribution in [1.29, 1.82) is 0 Å². The number of methoxy groups -OCH3 is 1. The van der Waals surface area contributed by atoms with Gasteiger partial charge in [-0.05, 0) is 42.5 Å². The van der Waals surface area contributed by atoms with Crippen molar-refractivity contribution in [1.82, 2.24) is 15.7 Å². The van der Waals surface area contributed by atoms with Crippen LogP contribution in [0.25, 0.3) is 0 Å². The average Bonchev–Trinajstić information content (AvgIpc) is 3.17. The van der Waals surface area contributed by atoms with Gasteiger partial charge in [0.05, 0.1) is 12.4 Å². The van der Waals surface area contributed by atoms with Crippen LogP contribution in [0.3, 0.4) is 0 Å². The van der Waals surface area contributed by atoms with Crippen molar-refractivity contribution in [2.45, 2.75) is 56.8 Å². The lowest BCUT2D eigenvalue weighted by molar-refractivity contribution is -0.145. The van der Waals surface area contributed by atoms with Gasteiger partial charge in [-0.2, -0.15) is 0 Å². The fourth-order valence-corrected chi connectivity index (χ4v) is 5.53. The molecule has 1 fully saturated rings. The number of hydroxylamine groups is 1. The minimum atomic E-state index is -0.868. The second kappa shape index (κ2) is 12.1. The Labute approximate surface area is 210 Å². The lowest BCUT2D eigenvalue weighted by Crippen LogP contribution is -2.49. The number of benzene rings is 2. The maximum absolute atomic E-state index is 13.5. The van der Waals surface area contributed by atoms with Crippen molar-refractivity contribution in [3.05, 3.63) is 65.2 Å². The molecule has 2 aromatic rings. The monoisotopic (exact) mass is 499 g/mol. The molecule has 3 rings (SSSR count). The van der Waals surface area contributed by atoms with Crippen molar-refractivity contribution in [3.63, 3.8) is 0 Å². The smallest absolute Gasteiger partial charge is 0.266 e. The first-order chi connectivity index (χ1) is 16.7. The molecule has 1 aliphatic heterocycles. The molecule has 3 atom stereocenters. The van der Waals surface area contributed by atoms with Gasteiger partial charge in [-0.15, -0.1) is 11.8 Å². The van der Waals surface area contributed by atoms with Crippen LogP contribution in [-0.2, 0) is 20.9 Å². The topological polar surface area (TPSA) is 108 Å². The summed E-state index contributed by atoms with van der Waals surface area (Å²) < 4.78 is 5.24. The molecule has 2 aromatic carbocycles. The molecule has 3 amide bonds. The summed E-state index contributed by atoms with van der Waals surface area (Å²) in [7, 11) is 1.57. The summed E-state index contributed by atoms with van der Waals surface area (Å²) in [5, 5.41) is 11.1. The highest BCUT2D eigenvalue weighted by Gasteiger charge is 2.47. The highest BCUT2D eigenvalue weighted by molar-refractivity contribution is 8.01. The molecule has 188 valence electrons. The molecule has 0 radical (unpaired) electrons. The Kier molecular flexibility index (Phi) is 9.17. The van der Waals surface area contributed by atoms with E-state index in [2.05, 4.69) is 5.32 Å². The lowest BCUT2D eigenvalue weighted by atomic mass is 10.00. The maximum atomic E-state index is 13.5. The number of carbonyl (C=O) groups is 3. The van der Waals surface area contributed by atoms with E-state index in [9.17, 15) is 19.6 Å². The van der Waals surface area contributed by atoms with Crippen LogP contribution in [0.15, 0.2) is 48.5 Å². The van der Waals surface area contributed by atoms with E-state index in [1.54, 1.807) is 24.7 Å². The summed E-state index contributed by atoms with van der Waals surface area (Å²) >= 11 is 1.34. The van der Waals surface area contributed by atoms with E-state index in [1.165, 1.54) is 16.7 Å².